The zero-order chi connectivity index (χ0) is 13.8. The van der Waals surface area contributed by atoms with Crippen LogP contribution in [0.3, 0.4) is 0 Å². The van der Waals surface area contributed by atoms with E-state index in [0.29, 0.717) is 12.3 Å². The topological polar surface area (TPSA) is 62.1 Å². The minimum atomic E-state index is -1.03. The van der Waals surface area contributed by atoms with Gasteiger partial charge in [-0.25, -0.2) is 0 Å². The molecule has 0 aliphatic carbocycles. The summed E-state index contributed by atoms with van der Waals surface area (Å²) in [5, 5.41) is 11.6. The number of carbonyl (C=O) groups is 1. The van der Waals surface area contributed by atoms with Gasteiger partial charge in [0.15, 0.2) is 0 Å². The van der Waals surface area contributed by atoms with E-state index in [2.05, 4.69) is 21.2 Å². The van der Waals surface area contributed by atoms with E-state index in [1.54, 1.807) is 21.0 Å². The highest BCUT2D eigenvalue weighted by atomic mass is 79.9. The van der Waals surface area contributed by atoms with Crippen LogP contribution < -0.4 is 10.1 Å². The Morgan fingerprint density at radius 1 is 1.56 bits per heavy atom. The van der Waals surface area contributed by atoms with Gasteiger partial charge < -0.3 is 10.1 Å². The number of benzene rings is 1. The van der Waals surface area contributed by atoms with Crippen molar-refractivity contribution in [3.63, 3.8) is 0 Å². The van der Waals surface area contributed by atoms with E-state index in [9.17, 15) is 4.79 Å². The number of hydrogen-bond acceptors (Lipinski definition) is 3. The van der Waals surface area contributed by atoms with Crippen molar-refractivity contribution in [1.29, 1.82) is 5.26 Å². The van der Waals surface area contributed by atoms with Crippen LogP contribution in [-0.2, 0) is 11.3 Å². The molecule has 4 nitrogen and oxygen atoms in total. The van der Waals surface area contributed by atoms with E-state index in [0.717, 1.165) is 10.0 Å². The first kappa shape index (κ1) is 14.5. The van der Waals surface area contributed by atoms with Crippen LogP contribution in [0.25, 0.3) is 0 Å². The molecule has 0 fully saturated rings. The van der Waals surface area contributed by atoms with Crippen molar-refractivity contribution < 1.29 is 9.53 Å². The van der Waals surface area contributed by atoms with E-state index < -0.39 is 5.41 Å². The standard InChI is InChI=1S/C13H15BrN2O2/c1-13(2,8-15)12(17)16-7-9-6-10(14)4-5-11(9)18-3/h4-6H,7H2,1-3H3,(H,16,17). The summed E-state index contributed by atoms with van der Waals surface area (Å²) in [7, 11) is 1.58. The van der Waals surface area contributed by atoms with Crippen molar-refractivity contribution in [3.05, 3.63) is 28.2 Å². The van der Waals surface area contributed by atoms with Crippen LogP contribution in [-0.4, -0.2) is 13.0 Å². The molecule has 0 atom stereocenters. The molecule has 1 aromatic carbocycles. The number of halogens is 1. The lowest BCUT2D eigenvalue weighted by molar-refractivity contribution is -0.126. The molecule has 0 saturated heterocycles. The Morgan fingerprint density at radius 2 is 2.22 bits per heavy atom. The van der Waals surface area contributed by atoms with E-state index in [1.807, 2.05) is 24.3 Å². The monoisotopic (exact) mass is 310 g/mol. The maximum atomic E-state index is 11.8. The van der Waals surface area contributed by atoms with Gasteiger partial charge in [0, 0.05) is 16.6 Å². The summed E-state index contributed by atoms with van der Waals surface area (Å²) in [5.74, 6) is 0.403. The molecule has 0 bridgehead atoms. The molecule has 0 aromatic heterocycles. The van der Waals surface area contributed by atoms with Crippen LogP contribution >= 0.6 is 15.9 Å². The predicted octanol–water partition coefficient (Wildman–Crippen LogP) is 2.62. The quantitative estimate of drug-likeness (QED) is 0.930. The third kappa shape index (κ3) is 3.47. The smallest absolute Gasteiger partial charge is 0.240 e. The summed E-state index contributed by atoms with van der Waals surface area (Å²) >= 11 is 3.37. The lowest BCUT2D eigenvalue weighted by Gasteiger charge is -2.16. The summed E-state index contributed by atoms with van der Waals surface area (Å²) in [4.78, 5) is 11.8. The van der Waals surface area contributed by atoms with Gasteiger partial charge in [0.1, 0.15) is 11.2 Å². The van der Waals surface area contributed by atoms with Crippen molar-refractivity contribution in [2.24, 2.45) is 5.41 Å². The molecule has 0 radical (unpaired) electrons. The van der Waals surface area contributed by atoms with Gasteiger partial charge in [-0.15, -0.1) is 0 Å². The average molecular weight is 311 g/mol. The first-order chi connectivity index (χ1) is 8.40. The molecule has 0 heterocycles. The van der Waals surface area contributed by atoms with E-state index in [4.69, 9.17) is 10.00 Å². The summed E-state index contributed by atoms with van der Waals surface area (Å²) in [6.45, 7) is 3.49. The molecule has 1 rings (SSSR count). The number of hydrogen-bond donors (Lipinski definition) is 1. The fourth-order valence-electron chi connectivity index (χ4n) is 1.33. The van der Waals surface area contributed by atoms with Gasteiger partial charge in [0.2, 0.25) is 5.91 Å². The Hall–Kier alpha value is -1.54. The second-order valence-electron chi connectivity index (χ2n) is 4.38. The van der Waals surface area contributed by atoms with Gasteiger partial charge in [-0.1, -0.05) is 15.9 Å². The summed E-state index contributed by atoms with van der Waals surface area (Å²) in [6.07, 6.45) is 0. The van der Waals surface area contributed by atoms with Gasteiger partial charge in [0.05, 0.1) is 13.2 Å². The molecule has 1 N–H and O–H groups in total. The van der Waals surface area contributed by atoms with Crippen molar-refractivity contribution in [2.45, 2.75) is 20.4 Å². The zero-order valence-electron chi connectivity index (χ0n) is 10.6. The van der Waals surface area contributed by atoms with Gasteiger partial charge in [-0.3, -0.25) is 4.79 Å². The maximum absolute atomic E-state index is 11.8. The van der Waals surface area contributed by atoms with E-state index in [-0.39, 0.29) is 5.91 Å². The van der Waals surface area contributed by atoms with Crippen molar-refractivity contribution in [1.82, 2.24) is 5.32 Å². The molecule has 1 amide bonds. The lowest BCUT2D eigenvalue weighted by Crippen LogP contribution is -2.35. The number of methoxy groups -OCH3 is 1. The highest BCUT2D eigenvalue weighted by molar-refractivity contribution is 9.10. The Morgan fingerprint density at radius 3 is 2.78 bits per heavy atom. The first-order valence-electron chi connectivity index (χ1n) is 5.42. The van der Waals surface area contributed by atoms with Gasteiger partial charge in [-0.05, 0) is 32.0 Å². The highest BCUT2D eigenvalue weighted by Gasteiger charge is 2.26. The first-order valence-corrected chi connectivity index (χ1v) is 6.22. The molecule has 0 aliphatic heterocycles. The molecule has 0 unspecified atom stereocenters. The number of nitrogens with zero attached hydrogens (tertiary/aromatic N) is 1. The second kappa shape index (κ2) is 5.87. The Kier molecular flexibility index (Phi) is 4.74. The molecular formula is C13H15BrN2O2. The Balaban J connectivity index is 2.78. The number of carbonyl (C=O) groups excluding carboxylic acids is 1. The zero-order valence-corrected chi connectivity index (χ0v) is 12.2. The van der Waals surface area contributed by atoms with Crippen LogP contribution in [0.4, 0.5) is 0 Å². The van der Waals surface area contributed by atoms with Crippen LogP contribution in [0.1, 0.15) is 19.4 Å². The number of amides is 1. The van der Waals surface area contributed by atoms with Crippen molar-refractivity contribution >= 4 is 21.8 Å². The van der Waals surface area contributed by atoms with Crippen LogP contribution in [0.5, 0.6) is 5.75 Å². The van der Waals surface area contributed by atoms with Crippen LogP contribution in [0, 0.1) is 16.7 Å². The molecule has 0 aliphatic rings. The second-order valence-corrected chi connectivity index (χ2v) is 5.29. The number of nitrogens with one attached hydrogen (secondary N) is 1. The number of ether oxygens (including phenoxy) is 1. The SMILES string of the molecule is COc1ccc(Br)cc1CNC(=O)C(C)(C)C#N. The minimum Gasteiger partial charge on any atom is -0.496 e. The maximum Gasteiger partial charge on any atom is 0.240 e. The molecule has 18 heavy (non-hydrogen) atoms. The Bertz CT molecular complexity index is 492. The minimum absolute atomic E-state index is 0.299. The fourth-order valence-corrected chi connectivity index (χ4v) is 1.74. The normalized spacial score (nSPS) is 10.6. The summed E-state index contributed by atoms with van der Waals surface area (Å²) < 4.78 is 6.12. The van der Waals surface area contributed by atoms with Gasteiger partial charge in [0.25, 0.3) is 0 Å². The third-order valence-electron chi connectivity index (χ3n) is 2.53. The molecule has 5 heteroatoms. The molecule has 0 saturated carbocycles. The Labute approximate surface area is 115 Å². The van der Waals surface area contributed by atoms with E-state index >= 15 is 0 Å². The van der Waals surface area contributed by atoms with Gasteiger partial charge >= 0.3 is 0 Å². The largest absolute Gasteiger partial charge is 0.496 e. The summed E-state index contributed by atoms with van der Waals surface area (Å²) in [5.41, 5.74) is -0.173. The third-order valence-corrected chi connectivity index (χ3v) is 3.02. The average Bonchev–Trinajstić information content (AvgIpc) is 2.36. The molecule has 0 spiro atoms. The summed E-state index contributed by atoms with van der Waals surface area (Å²) in [6, 6.07) is 7.52. The molecule has 96 valence electrons. The van der Waals surface area contributed by atoms with Crippen molar-refractivity contribution in [2.75, 3.05) is 7.11 Å². The molecular weight excluding hydrogens is 296 g/mol. The van der Waals surface area contributed by atoms with Crippen LogP contribution in [0.2, 0.25) is 0 Å². The molecule has 1 aromatic rings. The fraction of sp³-hybridized carbons (Fsp3) is 0.385. The number of rotatable bonds is 4. The predicted molar refractivity (Wildman–Crippen MR) is 71.9 cm³/mol. The highest BCUT2D eigenvalue weighted by Crippen LogP contribution is 2.23. The van der Waals surface area contributed by atoms with Gasteiger partial charge in [-0.2, -0.15) is 5.26 Å². The lowest BCUT2D eigenvalue weighted by atomic mass is 9.95. The number of nitriles is 1. The van der Waals surface area contributed by atoms with E-state index in [1.165, 1.54) is 0 Å². The van der Waals surface area contributed by atoms with Crippen molar-refractivity contribution in [3.8, 4) is 11.8 Å². The van der Waals surface area contributed by atoms with Crippen LogP contribution in [0.15, 0.2) is 22.7 Å².